The van der Waals surface area contributed by atoms with Crippen LogP contribution in [0, 0.1) is 13.8 Å². The molecule has 28 heavy (non-hydrogen) atoms. The molecule has 1 aromatic carbocycles. The van der Waals surface area contributed by atoms with Gasteiger partial charge in [-0.05, 0) is 43.2 Å². The molecule has 2 amide bonds. The Balaban J connectivity index is 1.58. The smallest absolute Gasteiger partial charge is 0.274 e. The Hall–Kier alpha value is -2.77. The van der Waals surface area contributed by atoms with Gasteiger partial charge in [0.1, 0.15) is 5.69 Å². The lowest BCUT2D eigenvalue weighted by Crippen LogP contribution is -2.41. The number of benzene rings is 1. The van der Waals surface area contributed by atoms with Crippen molar-refractivity contribution in [3.63, 3.8) is 0 Å². The highest BCUT2D eigenvalue weighted by molar-refractivity contribution is 6.05. The standard InChI is InChI=1S/C21H26N4O3/c1-15-4-3-5-18(16(15)2)24-21(27)19-14-17(6-7-22-19)20(26)23-8-9-25-10-12-28-13-11-25/h3-7,14H,8-13H2,1-2H3,(H,23,26)(H,24,27). The van der Waals surface area contributed by atoms with E-state index >= 15 is 0 Å². The van der Waals surface area contributed by atoms with E-state index in [1.54, 1.807) is 6.07 Å². The van der Waals surface area contributed by atoms with Crippen LogP contribution in [0.1, 0.15) is 32.0 Å². The molecule has 1 aromatic heterocycles. The second-order valence-electron chi connectivity index (χ2n) is 6.84. The quantitative estimate of drug-likeness (QED) is 0.799. The van der Waals surface area contributed by atoms with Crippen LogP contribution in [-0.2, 0) is 4.74 Å². The van der Waals surface area contributed by atoms with E-state index < -0.39 is 0 Å². The average molecular weight is 382 g/mol. The summed E-state index contributed by atoms with van der Waals surface area (Å²) < 4.78 is 5.31. The van der Waals surface area contributed by atoms with Gasteiger partial charge in [0.25, 0.3) is 11.8 Å². The van der Waals surface area contributed by atoms with Crippen LogP contribution in [0.3, 0.4) is 0 Å². The summed E-state index contributed by atoms with van der Waals surface area (Å²) >= 11 is 0. The summed E-state index contributed by atoms with van der Waals surface area (Å²) in [6.07, 6.45) is 1.48. The number of amides is 2. The number of carbonyl (C=O) groups excluding carboxylic acids is 2. The van der Waals surface area contributed by atoms with Crippen molar-refractivity contribution in [1.82, 2.24) is 15.2 Å². The molecule has 0 saturated carbocycles. The summed E-state index contributed by atoms with van der Waals surface area (Å²) in [6, 6.07) is 8.86. The lowest BCUT2D eigenvalue weighted by Gasteiger charge is -2.26. The van der Waals surface area contributed by atoms with E-state index in [4.69, 9.17) is 4.74 Å². The van der Waals surface area contributed by atoms with Gasteiger partial charge in [-0.15, -0.1) is 0 Å². The van der Waals surface area contributed by atoms with Crippen LogP contribution in [0.25, 0.3) is 0 Å². The number of hydrogen-bond acceptors (Lipinski definition) is 5. The van der Waals surface area contributed by atoms with Crippen molar-refractivity contribution in [3.8, 4) is 0 Å². The first-order valence-corrected chi connectivity index (χ1v) is 9.46. The molecule has 2 N–H and O–H groups in total. The highest BCUT2D eigenvalue weighted by Gasteiger charge is 2.14. The van der Waals surface area contributed by atoms with Gasteiger partial charge in [0.05, 0.1) is 13.2 Å². The molecule has 0 spiro atoms. The molecule has 1 saturated heterocycles. The van der Waals surface area contributed by atoms with Crippen molar-refractivity contribution in [2.24, 2.45) is 0 Å². The van der Waals surface area contributed by atoms with Crippen molar-refractivity contribution in [2.75, 3.05) is 44.7 Å². The fourth-order valence-corrected chi connectivity index (χ4v) is 3.02. The summed E-state index contributed by atoms with van der Waals surface area (Å²) in [5.41, 5.74) is 3.48. The highest BCUT2D eigenvalue weighted by atomic mass is 16.5. The monoisotopic (exact) mass is 382 g/mol. The molecule has 2 aromatic rings. The number of anilines is 1. The van der Waals surface area contributed by atoms with Gasteiger partial charge >= 0.3 is 0 Å². The third kappa shape index (κ3) is 5.15. The van der Waals surface area contributed by atoms with Gasteiger partial charge < -0.3 is 15.4 Å². The van der Waals surface area contributed by atoms with Crippen LogP contribution in [0.4, 0.5) is 5.69 Å². The number of pyridine rings is 1. The summed E-state index contributed by atoms with van der Waals surface area (Å²) in [4.78, 5) is 31.3. The minimum absolute atomic E-state index is 0.210. The van der Waals surface area contributed by atoms with Gasteiger partial charge in [0.15, 0.2) is 0 Å². The first-order valence-electron chi connectivity index (χ1n) is 9.46. The van der Waals surface area contributed by atoms with E-state index in [0.29, 0.717) is 12.1 Å². The zero-order chi connectivity index (χ0) is 19.9. The number of ether oxygens (including phenoxy) is 1. The van der Waals surface area contributed by atoms with Crippen molar-refractivity contribution in [1.29, 1.82) is 0 Å². The van der Waals surface area contributed by atoms with Crippen LogP contribution >= 0.6 is 0 Å². The maximum Gasteiger partial charge on any atom is 0.274 e. The van der Waals surface area contributed by atoms with E-state index in [1.807, 2.05) is 32.0 Å². The van der Waals surface area contributed by atoms with Crippen molar-refractivity contribution in [2.45, 2.75) is 13.8 Å². The third-order valence-corrected chi connectivity index (χ3v) is 4.92. The fourth-order valence-electron chi connectivity index (χ4n) is 3.02. The Morgan fingerprint density at radius 3 is 2.71 bits per heavy atom. The van der Waals surface area contributed by atoms with Gasteiger partial charge in [0.2, 0.25) is 0 Å². The summed E-state index contributed by atoms with van der Waals surface area (Å²) in [5.74, 6) is -0.548. The van der Waals surface area contributed by atoms with Crippen molar-refractivity contribution in [3.05, 3.63) is 58.9 Å². The Morgan fingerprint density at radius 2 is 1.93 bits per heavy atom. The Morgan fingerprint density at radius 1 is 1.14 bits per heavy atom. The number of rotatable bonds is 6. The number of nitrogens with zero attached hydrogens (tertiary/aromatic N) is 2. The molecule has 0 unspecified atom stereocenters. The predicted octanol–water partition coefficient (Wildman–Crippen LogP) is 2.01. The van der Waals surface area contributed by atoms with E-state index in [2.05, 4.69) is 20.5 Å². The van der Waals surface area contributed by atoms with Gasteiger partial charge in [-0.2, -0.15) is 0 Å². The third-order valence-electron chi connectivity index (χ3n) is 4.92. The molecular weight excluding hydrogens is 356 g/mol. The van der Waals surface area contributed by atoms with E-state index in [0.717, 1.165) is 49.7 Å². The molecule has 0 atom stereocenters. The fraction of sp³-hybridized carbons (Fsp3) is 0.381. The predicted molar refractivity (Wildman–Crippen MR) is 108 cm³/mol. The first-order chi connectivity index (χ1) is 13.5. The zero-order valence-corrected chi connectivity index (χ0v) is 16.3. The minimum atomic E-state index is -0.336. The number of morpholine rings is 1. The Labute approximate surface area is 165 Å². The number of hydrogen-bond donors (Lipinski definition) is 2. The molecule has 7 nitrogen and oxygen atoms in total. The molecular formula is C21H26N4O3. The molecule has 148 valence electrons. The van der Waals surface area contributed by atoms with Crippen LogP contribution in [0.2, 0.25) is 0 Å². The Bertz CT molecular complexity index is 847. The second-order valence-corrected chi connectivity index (χ2v) is 6.84. The lowest BCUT2D eigenvalue weighted by atomic mass is 10.1. The minimum Gasteiger partial charge on any atom is -0.379 e. The molecule has 7 heteroatoms. The van der Waals surface area contributed by atoms with Crippen LogP contribution in [0.15, 0.2) is 36.5 Å². The largest absolute Gasteiger partial charge is 0.379 e. The van der Waals surface area contributed by atoms with Gasteiger partial charge in [-0.1, -0.05) is 12.1 Å². The maximum atomic E-state index is 12.5. The topological polar surface area (TPSA) is 83.6 Å². The summed E-state index contributed by atoms with van der Waals surface area (Å²) in [5, 5.41) is 5.77. The lowest BCUT2D eigenvalue weighted by molar-refractivity contribution is 0.0383. The molecule has 1 fully saturated rings. The SMILES string of the molecule is Cc1cccc(NC(=O)c2cc(C(=O)NCCN3CCOCC3)ccn2)c1C. The van der Waals surface area contributed by atoms with Crippen LogP contribution < -0.4 is 10.6 Å². The molecule has 0 bridgehead atoms. The summed E-state index contributed by atoms with van der Waals surface area (Å²) in [7, 11) is 0. The van der Waals surface area contributed by atoms with Gasteiger partial charge in [-0.3, -0.25) is 19.5 Å². The maximum absolute atomic E-state index is 12.5. The molecule has 1 aliphatic rings. The van der Waals surface area contributed by atoms with E-state index in [-0.39, 0.29) is 17.5 Å². The second kappa shape index (κ2) is 9.43. The van der Waals surface area contributed by atoms with Crippen molar-refractivity contribution < 1.29 is 14.3 Å². The normalized spacial score (nSPS) is 14.5. The van der Waals surface area contributed by atoms with Crippen molar-refractivity contribution >= 4 is 17.5 Å². The van der Waals surface area contributed by atoms with Gasteiger partial charge in [0, 0.05) is 43.6 Å². The highest BCUT2D eigenvalue weighted by Crippen LogP contribution is 2.18. The number of aryl methyl sites for hydroxylation is 1. The Kier molecular flexibility index (Phi) is 6.73. The van der Waals surface area contributed by atoms with Crippen LogP contribution in [0.5, 0.6) is 0 Å². The number of carbonyl (C=O) groups is 2. The van der Waals surface area contributed by atoms with E-state index in [9.17, 15) is 9.59 Å². The number of aromatic nitrogens is 1. The summed E-state index contributed by atoms with van der Waals surface area (Å²) in [6.45, 7) is 8.50. The molecule has 0 radical (unpaired) electrons. The average Bonchev–Trinajstić information content (AvgIpc) is 2.72. The number of nitrogens with one attached hydrogen (secondary N) is 2. The zero-order valence-electron chi connectivity index (χ0n) is 16.3. The molecule has 2 heterocycles. The molecule has 3 rings (SSSR count). The first kappa shape index (κ1) is 20.0. The van der Waals surface area contributed by atoms with E-state index in [1.165, 1.54) is 12.3 Å². The molecule has 1 aliphatic heterocycles. The van der Waals surface area contributed by atoms with Crippen LogP contribution in [-0.4, -0.2) is 61.1 Å². The van der Waals surface area contributed by atoms with Gasteiger partial charge in [-0.25, -0.2) is 0 Å². The molecule has 0 aliphatic carbocycles.